The molecule has 0 N–H and O–H groups in total. The first-order valence-electron chi connectivity index (χ1n) is 5.16. The van der Waals surface area contributed by atoms with Crippen LogP contribution in [0.25, 0.3) is 0 Å². The fraction of sp³-hybridized carbons (Fsp3) is 0.364. The second kappa shape index (κ2) is 4.00. The van der Waals surface area contributed by atoms with Crippen molar-refractivity contribution in [3.63, 3.8) is 0 Å². The molecule has 0 radical (unpaired) electrons. The van der Waals surface area contributed by atoms with Gasteiger partial charge in [-0.2, -0.15) is 10.2 Å². The highest BCUT2D eigenvalue weighted by atomic mass is 35.5. The van der Waals surface area contributed by atoms with Gasteiger partial charge >= 0.3 is 0 Å². The number of nitrogens with zero attached hydrogens (tertiary/aromatic N) is 4. The van der Waals surface area contributed by atoms with Gasteiger partial charge in [0.05, 0.1) is 22.5 Å². The van der Waals surface area contributed by atoms with Gasteiger partial charge < -0.3 is 0 Å². The largest absolute Gasteiger partial charge is 0.287 e. The number of hydrogen-bond acceptors (Lipinski definition) is 3. The Balaban J connectivity index is 2.59. The van der Waals surface area contributed by atoms with E-state index in [0.29, 0.717) is 22.0 Å². The number of halogens is 1. The third-order valence-corrected chi connectivity index (χ3v) is 3.12. The van der Waals surface area contributed by atoms with E-state index in [0.717, 1.165) is 5.69 Å². The topological polar surface area (TPSA) is 52.7 Å². The van der Waals surface area contributed by atoms with Gasteiger partial charge in [0, 0.05) is 19.8 Å². The minimum atomic E-state index is -0.141. The summed E-state index contributed by atoms with van der Waals surface area (Å²) in [6.07, 6.45) is 1.47. The summed E-state index contributed by atoms with van der Waals surface area (Å²) in [4.78, 5) is 12.4. The zero-order valence-corrected chi connectivity index (χ0v) is 10.9. The van der Waals surface area contributed by atoms with Gasteiger partial charge in [-0.05, 0) is 13.8 Å². The quantitative estimate of drug-likeness (QED) is 0.764. The summed E-state index contributed by atoms with van der Waals surface area (Å²) >= 11 is 5.97. The maximum atomic E-state index is 12.4. The Morgan fingerprint density at radius 3 is 2.35 bits per heavy atom. The van der Waals surface area contributed by atoms with Gasteiger partial charge in [0.1, 0.15) is 5.69 Å². The lowest BCUT2D eigenvalue weighted by Gasteiger charge is -2.03. The molecule has 0 amide bonds. The van der Waals surface area contributed by atoms with Crippen LogP contribution < -0.4 is 0 Å². The Morgan fingerprint density at radius 1 is 1.29 bits per heavy atom. The van der Waals surface area contributed by atoms with E-state index in [1.54, 1.807) is 11.7 Å². The molecule has 90 valence electrons. The average molecular weight is 253 g/mol. The zero-order chi connectivity index (χ0) is 12.7. The molecule has 0 spiro atoms. The second-order valence-corrected chi connectivity index (χ2v) is 4.37. The summed E-state index contributed by atoms with van der Waals surface area (Å²) in [5, 5.41) is 8.55. The number of aromatic nitrogens is 4. The molecule has 6 heteroatoms. The van der Waals surface area contributed by atoms with Crippen molar-refractivity contribution >= 4 is 17.4 Å². The van der Waals surface area contributed by atoms with Gasteiger partial charge in [-0.1, -0.05) is 11.6 Å². The molecule has 0 saturated carbocycles. The van der Waals surface area contributed by atoms with Gasteiger partial charge in [0.2, 0.25) is 5.78 Å². The Kier molecular flexibility index (Phi) is 2.79. The van der Waals surface area contributed by atoms with Crippen LogP contribution in [-0.4, -0.2) is 25.3 Å². The Hall–Kier alpha value is -1.62. The molecule has 0 saturated heterocycles. The van der Waals surface area contributed by atoms with Crippen LogP contribution in [-0.2, 0) is 14.1 Å². The predicted molar refractivity (Wildman–Crippen MR) is 64.3 cm³/mol. The van der Waals surface area contributed by atoms with Crippen molar-refractivity contribution in [3.8, 4) is 0 Å². The summed E-state index contributed by atoms with van der Waals surface area (Å²) in [6.45, 7) is 3.67. The number of carbonyl (C=O) groups is 1. The highest BCUT2D eigenvalue weighted by Gasteiger charge is 2.23. The Labute approximate surface area is 104 Å². The lowest BCUT2D eigenvalue weighted by atomic mass is 10.1. The average Bonchev–Trinajstić information content (AvgIpc) is 2.69. The Morgan fingerprint density at radius 2 is 1.94 bits per heavy atom. The van der Waals surface area contributed by atoms with Crippen LogP contribution in [0.1, 0.15) is 27.4 Å². The first kappa shape index (κ1) is 11.9. The maximum Gasteiger partial charge on any atom is 0.216 e. The van der Waals surface area contributed by atoms with Crippen LogP contribution in [0.3, 0.4) is 0 Å². The van der Waals surface area contributed by atoms with Gasteiger partial charge in [-0.25, -0.2) is 0 Å². The van der Waals surface area contributed by atoms with E-state index in [1.165, 1.54) is 10.9 Å². The molecule has 0 unspecified atom stereocenters. The molecule has 0 atom stereocenters. The van der Waals surface area contributed by atoms with E-state index in [2.05, 4.69) is 10.2 Å². The molecule has 2 aromatic rings. The van der Waals surface area contributed by atoms with E-state index in [1.807, 2.05) is 20.9 Å². The van der Waals surface area contributed by atoms with Gasteiger partial charge in [0.25, 0.3) is 0 Å². The van der Waals surface area contributed by atoms with E-state index >= 15 is 0 Å². The van der Waals surface area contributed by atoms with Crippen LogP contribution in [0.4, 0.5) is 0 Å². The smallest absolute Gasteiger partial charge is 0.216 e. The molecular formula is C11H13ClN4O. The lowest BCUT2D eigenvalue weighted by Crippen LogP contribution is -2.11. The summed E-state index contributed by atoms with van der Waals surface area (Å²) in [7, 11) is 3.50. The van der Waals surface area contributed by atoms with Gasteiger partial charge in [0.15, 0.2) is 0 Å². The molecule has 0 fully saturated rings. The molecule has 2 heterocycles. The molecule has 2 aromatic heterocycles. The molecule has 0 aliphatic rings. The zero-order valence-electron chi connectivity index (χ0n) is 10.2. The van der Waals surface area contributed by atoms with Crippen molar-refractivity contribution < 1.29 is 4.79 Å². The molecule has 0 bridgehead atoms. The Bertz CT molecular complexity index is 577. The number of carbonyl (C=O) groups excluding carboxylic acids is 1. The van der Waals surface area contributed by atoms with Crippen LogP contribution in [0.2, 0.25) is 5.02 Å². The van der Waals surface area contributed by atoms with Crippen LogP contribution in [0.15, 0.2) is 6.20 Å². The lowest BCUT2D eigenvalue weighted by molar-refractivity contribution is 0.102. The summed E-state index contributed by atoms with van der Waals surface area (Å²) in [5.41, 5.74) is 2.51. The van der Waals surface area contributed by atoms with Crippen molar-refractivity contribution in [2.75, 3.05) is 0 Å². The third kappa shape index (κ3) is 1.76. The second-order valence-electron chi connectivity index (χ2n) is 3.96. The van der Waals surface area contributed by atoms with Crippen molar-refractivity contribution in [3.05, 3.63) is 33.9 Å². The van der Waals surface area contributed by atoms with Gasteiger partial charge in [-0.15, -0.1) is 0 Å². The van der Waals surface area contributed by atoms with E-state index in [9.17, 15) is 4.79 Å². The molecule has 5 nitrogen and oxygen atoms in total. The summed E-state index contributed by atoms with van der Waals surface area (Å²) in [6, 6.07) is 0. The maximum absolute atomic E-state index is 12.4. The number of aryl methyl sites for hydroxylation is 3. The fourth-order valence-corrected chi connectivity index (χ4v) is 2.14. The fourth-order valence-electron chi connectivity index (χ4n) is 1.89. The molecule has 17 heavy (non-hydrogen) atoms. The van der Waals surface area contributed by atoms with Crippen molar-refractivity contribution in [2.24, 2.45) is 14.1 Å². The van der Waals surface area contributed by atoms with Crippen LogP contribution >= 0.6 is 11.6 Å². The van der Waals surface area contributed by atoms with Gasteiger partial charge in [-0.3, -0.25) is 14.2 Å². The number of rotatable bonds is 2. The first-order valence-corrected chi connectivity index (χ1v) is 5.53. The summed E-state index contributed by atoms with van der Waals surface area (Å²) in [5.74, 6) is -0.141. The predicted octanol–water partition coefficient (Wildman–Crippen LogP) is 1.65. The number of ketones is 1. The molecular weight excluding hydrogens is 240 g/mol. The summed E-state index contributed by atoms with van der Waals surface area (Å²) < 4.78 is 3.17. The standard InChI is InChI=1S/C11H13ClN4O/c1-6-9(7(2)15(3)14-6)11(17)10-8(12)5-13-16(10)4/h5H,1-4H3. The molecule has 2 rings (SSSR count). The van der Waals surface area contributed by atoms with Crippen molar-refractivity contribution in [2.45, 2.75) is 13.8 Å². The van der Waals surface area contributed by atoms with E-state index in [-0.39, 0.29) is 5.78 Å². The minimum absolute atomic E-state index is 0.141. The number of hydrogen-bond donors (Lipinski definition) is 0. The first-order chi connectivity index (χ1) is 7.93. The van der Waals surface area contributed by atoms with E-state index < -0.39 is 0 Å². The molecule has 0 aromatic carbocycles. The molecule has 0 aliphatic heterocycles. The van der Waals surface area contributed by atoms with Crippen LogP contribution in [0.5, 0.6) is 0 Å². The highest BCUT2D eigenvalue weighted by molar-refractivity contribution is 6.34. The van der Waals surface area contributed by atoms with E-state index in [4.69, 9.17) is 11.6 Å². The van der Waals surface area contributed by atoms with Crippen molar-refractivity contribution in [1.82, 2.24) is 19.6 Å². The highest BCUT2D eigenvalue weighted by Crippen LogP contribution is 2.22. The monoisotopic (exact) mass is 252 g/mol. The third-order valence-electron chi connectivity index (χ3n) is 2.85. The van der Waals surface area contributed by atoms with Crippen LogP contribution in [0, 0.1) is 13.8 Å². The minimum Gasteiger partial charge on any atom is -0.287 e. The molecule has 0 aliphatic carbocycles. The normalized spacial score (nSPS) is 10.9. The van der Waals surface area contributed by atoms with Crippen molar-refractivity contribution in [1.29, 1.82) is 0 Å². The SMILES string of the molecule is Cc1nn(C)c(C)c1C(=O)c1c(Cl)cnn1C.